The number of pyridine rings is 1. The first kappa shape index (κ1) is 22.4. The molecule has 5 rings (SSSR count). The van der Waals surface area contributed by atoms with E-state index in [1.807, 2.05) is 30.3 Å². The Kier molecular flexibility index (Phi) is 6.54. The van der Waals surface area contributed by atoms with E-state index < -0.39 is 5.91 Å². The van der Waals surface area contributed by atoms with E-state index in [0.29, 0.717) is 54.9 Å². The first-order chi connectivity index (χ1) is 17.2. The first-order valence-corrected chi connectivity index (χ1v) is 11.3. The van der Waals surface area contributed by atoms with Gasteiger partial charge in [-0.2, -0.15) is 0 Å². The number of amides is 1. The summed E-state index contributed by atoms with van der Waals surface area (Å²) in [4.78, 5) is 41.9. The fraction of sp³-hybridized carbons (Fsp3) is 0.148. The lowest BCUT2D eigenvalue weighted by Crippen LogP contribution is -2.37. The Labute approximate surface area is 202 Å². The topological polar surface area (TPSA) is 97.3 Å². The first-order valence-electron chi connectivity index (χ1n) is 11.3. The fourth-order valence-electron chi connectivity index (χ4n) is 3.83. The lowest BCUT2D eigenvalue weighted by molar-refractivity contribution is 0.102. The number of carbonyl (C=O) groups excluding carboxylic acids is 2. The number of para-hydroxylation sites is 1. The van der Waals surface area contributed by atoms with Gasteiger partial charge in [0.25, 0.3) is 5.91 Å². The molecule has 35 heavy (non-hydrogen) atoms. The third kappa shape index (κ3) is 5.07. The number of aromatic nitrogens is 3. The van der Waals surface area contributed by atoms with Crippen LogP contribution in [0.25, 0.3) is 11.4 Å². The van der Waals surface area contributed by atoms with Crippen LogP contribution in [-0.4, -0.2) is 52.9 Å². The standard InChI is InChI=1S/C27H23N5O3/c33-25(22-12-6-7-13-28-22)20-10-4-5-11-21(20)30-27(34)23-18-24(32-14-16-35-17-15-32)31-26(29-23)19-8-2-1-3-9-19/h1-13,18H,14-17H2,(H,30,34). The minimum absolute atomic E-state index is 0.209. The number of hydrogen-bond acceptors (Lipinski definition) is 7. The largest absolute Gasteiger partial charge is 0.378 e. The molecule has 1 N–H and O–H groups in total. The Hall–Kier alpha value is -4.43. The van der Waals surface area contributed by atoms with Gasteiger partial charge in [0.1, 0.15) is 17.2 Å². The molecule has 1 saturated heterocycles. The Morgan fingerprint density at radius 3 is 2.34 bits per heavy atom. The maximum Gasteiger partial charge on any atom is 0.274 e. The van der Waals surface area contributed by atoms with Gasteiger partial charge >= 0.3 is 0 Å². The summed E-state index contributed by atoms with van der Waals surface area (Å²) in [5.41, 5.74) is 2.06. The lowest BCUT2D eigenvalue weighted by atomic mass is 10.1. The van der Waals surface area contributed by atoms with E-state index in [1.165, 1.54) is 0 Å². The van der Waals surface area contributed by atoms with Crippen molar-refractivity contribution < 1.29 is 14.3 Å². The van der Waals surface area contributed by atoms with E-state index in [1.54, 1.807) is 54.7 Å². The molecule has 0 radical (unpaired) electrons. The second-order valence-corrected chi connectivity index (χ2v) is 7.94. The Morgan fingerprint density at radius 1 is 0.829 bits per heavy atom. The third-order valence-corrected chi connectivity index (χ3v) is 5.63. The quantitative estimate of drug-likeness (QED) is 0.432. The van der Waals surface area contributed by atoms with E-state index in [9.17, 15) is 9.59 Å². The van der Waals surface area contributed by atoms with Crippen LogP contribution < -0.4 is 10.2 Å². The van der Waals surface area contributed by atoms with Crippen LogP contribution in [0.5, 0.6) is 0 Å². The molecule has 0 spiro atoms. The predicted octanol–water partition coefficient (Wildman–Crippen LogP) is 3.86. The molecule has 2 aromatic carbocycles. The molecular formula is C27H23N5O3. The summed E-state index contributed by atoms with van der Waals surface area (Å²) in [5, 5.41) is 2.87. The van der Waals surface area contributed by atoms with Gasteiger partial charge in [-0.3, -0.25) is 14.6 Å². The molecule has 174 valence electrons. The normalized spacial score (nSPS) is 13.3. The van der Waals surface area contributed by atoms with Crippen LogP contribution in [0.15, 0.2) is 85.1 Å². The van der Waals surface area contributed by atoms with Gasteiger partial charge in [0.05, 0.1) is 18.9 Å². The SMILES string of the molecule is O=C(Nc1ccccc1C(=O)c1ccccn1)c1cc(N2CCOCC2)nc(-c2ccccc2)n1. The van der Waals surface area contributed by atoms with Crippen molar-refractivity contribution in [1.82, 2.24) is 15.0 Å². The number of hydrogen-bond donors (Lipinski definition) is 1. The number of benzene rings is 2. The van der Waals surface area contributed by atoms with Crippen molar-refractivity contribution in [2.45, 2.75) is 0 Å². The maximum absolute atomic E-state index is 13.4. The van der Waals surface area contributed by atoms with Crippen molar-refractivity contribution in [3.05, 3.63) is 102 Å². The average Bonchev–Trinajstić information content (AvgIpc) is 2.94. The number of anilines is 2. The average molecular weight is 466 g/mol. The van der Waals surface area contributed by atoms with Crippen LogP contribution in [0.2, 0.25) is 0 Å². The number of nitrogens with zero attached hydrogens (tertiary/aromatic N) is 4. The molecule has 1 amide bonds. The van der Waals surface area contributed by atoms with E-state index >= 15 is 0 Å². The minimum atomic E-state index is -0.430. The van der Waals surface area contributed by atoms with Crippen LogP contribution in [0, 0.1) is 0 Å². The molecule has 1 fully saturated rings. The van der Waals surface area contributed by atoms with Crippen molar-refractivity contribution in [2.75, 3.05) is 36.5 Å². The second kappa shape index (κ2) is 10.2. The summed E-state index contributed by atoms with van der Waals surface area (Å²) in [6, 6.07) is 23.2. The van der Waals surface area contributed by atoms with E-state index in [2.05, 4.69) is 20.2 Å². The van der Waals surface area contributed by atoms with Gasteiger partial charge < -0.3 is 15.0 Å². The van der Waals surface area contributed by atoms with Gasteiger partial charge in [-0.1, -0.05) is 48.5 Å². The monoisotopic (exact) mass is 465 g/mol. The molecule has 0 unspecified atom stereocenters. The molecule has 8 heteroatoms. The van der Waals surface area contributed by atoms with Gasteiger partial charge in [-0.15, -0.1) is 0 Å². The van der Waals surface area contributed by atoms with E-state index in [4.69, 9.17) is 9.72 Å². The minimum Gasteiger partial charge on any atom is -0.378 e. The Bertz CT molecular complexity index is 1340. The van der Waals surface area contributed by atoms with Crippen LogP contribution in [-0.2, 0) is 4.74 Å². The highest BCUT2D eigenvalue weighted by Crippen LogP contribution is 2.23. The maximum atomic E-state index is 13.4. The number of ether oxygens (including phenoxy) is 1. The van der Waals surface area contributed by atoms with Crippen LogP contribution in [0.4, 0.5) is 11.5 Å². The van der Waals surface area contributed by atoms with Gasteiger partial charge in [-0.05, 0) is 24.3 Å². The molecule has 1 aliphatic rings. The third-order valence-electron chi connectivity index (χ3n) is 5.63. The summed E-state index contributed by atoms with van der Waals surface area (Å²) < 4.78 is 5.46. The summed E-state index contributed by atoms with van der Waals surface area (Å²) in [6.45, 7) is 2.53. The molecule has 4 aromatic rings. The van der Waals surface area contributed by atoms with Gasteiger partial charge in [0, 0.05) is 36.5 Å². The highest BCUT2D eigenvalue weighted by Gasteiger charge is 2.21. The molecule has 0 bridgehead atoms. The van der Waals surface area contributed by atoms with E-state index in [0.717, 1.165) is 5.56 Å². The van der Waals surface area contributed by atoms with Crippen LogP contribution in [0.1, 0.15) is 26.5 Å². The lowest BCUT2D eigenvalue weighted by Gasteiger charge is -2.28. The number of rotatable bonds is 6. The number of morpholine rings is 1. The summed E-state index contributed by atoms with van der Waals surface area (Å²) >= 11 is 0. The predicted molar refractivity (Wildman–Crippen MR) is 133 cm³/mol. The van der Waals surface area contributed by atoms with Gasteiger partial charge in [-0.25, -0.2) is 9.97 Å². The zero-order valence-corrected chi connectivity index (χ0v) is 18.9. The highest BCUT2D eigenvalue weighted by molar-refractivity contribution is 6.14. The second-order valence-electron chi connectivity index (χ2n) is 7.94. The van der Waals surface area contributed by atoms with Crippen LogP contribution in [0.3, 0.4) is 0 Å². The fourth-order valence-corrected chi connectivity index (χ4v) is 3.83. The summed E-state index contributed by atoms with van der Waals surface area (Å²) in [6.07, 6.45) is 1.56. The smallest absolute Gasteiger partial charge is 0.274 e. The van der Waals surface area contributed by atoms with Crippen molar-refractivity contribution >= 4 is 23.2 Å². The van der Waals surface area contributed by atoms with Crippen molar-refractivity contribution in [3.8, 4) is 11.4 Å². The molecule has 0 aliphatic carbocycles. The Morgan fingerprint density at radius 2 is 1.57 bits per heavy atom. The molecule has 8 nitrogen and oxygen atoms in total. The zero-order chi connectivity index (χ0) is 24.0. The molecule has 2 aromatic heterocycles. The number of carbonyl (C=O) groups is 2. The molecular weight excluding hydrogens is 442 g/mol. The highest BCUT2D eigenvalue weighted by atomic mass is 16.5. The van der Waals surface area contributed by atoms with Crippen LogP contribution >= 0.6 is 0 Å². The number of ketones is 1. The van der Waals surface area contributed by atoms with Crippen molar-refractivity contribution in [1.29, 1.82) is 0 Å². The molecule has 0 atom stereocenters. The van der Waals surface area contributed by atoms with Crippen molar-refractivity contribution in [2.24, 2.45) is 0 Å². The Balaban J connectivity index is 1.48. The number of nitrogens with one attached hydrogen (secondary N) is 1. The zero-order valence-electron chi connectivity index (χ0n) is 18.9. The van der Waals surface area contributed by atoms with Gasteiger partial charge in [0.2, 0.25) is 5.78 Å². The molecule has 3 heterocycles. The summed E-state index contributed by atoms with van der Waals surface area (Å²) in [7, 11) is 0. The van der Waals surface area contributed by atoms with Gasteiger partial charge in [0.15, 0.2) is 5.82 Å². The molecule has 0 saturated carbocycles. The van der Waals surface area contributed by atoms with E-state index in [-0.39, 0.29) is 11.5 Å². The van der Waals surface area contributed by atoms with Crippen molar-refractivity contribution in [3.63, 3.8) is 0 Å². The molecule has 1 aliphatic heterocycles. The summed E-state index contributed by atoms with van der Waals surface area (Å²) in [5.74, 6) is 0.409.